The summed E-state index contributed by atoms with van der Waals surface area (Å²) in [4.78, 5) is 15.8. The van der Waals surface area contributed by atoms with Crippen LogP contribution in [0.1, 0.15) is 5.56 Å². The van der Waals surface area contributed by atoms with E-state index >= 15 is 0 Å². The van der Waals surface area contributed by atoms with Crippen molar-refractivity contribution in [1.82, 2.24) is 4.90 Å². The lowest BCUT2D eigenvalue weighted by Gasteiger charge is -2.18. The fourth-order valence-corrected chi connectivity index (χ4v) is 3.66. The maximum atomic E-state index is 14.0. The lowest BCUT2D eigenvalue weighted by Crippen LogP contribution is -2.38. The summed E-state index contributed by atoms with van der Waals surface area (Å²) >= 11 is 1.12. The number of aryl methyl sites for hydroxylation is 1. The van der Waals surface area contributed by atoms with E-state index in [1.54, 1.807) is 0 Å². The van der Waals surface area contributed by atoms with Crippen LogP contribution in [0, 0.1) is 12.7 Å². The van der Waals surface area contributed by atoms with E-state index in [-0.39, 0.29) is 21.4 Å². The highest BCUT2D eigenvalue weighted by Crippen LogP contribution is 2.35. The molecule has 12 heteroatoms. The van der Waals surface area contributed by atoms with Crippen LogP contribution >= 0.6 is 23.5 Å². The summed E-state index contributed by atoms with van der Waals surface area (Å²) in [5.74, 6) is -3.22. The van der Waals surface area contributed by atoms with Crippen LogP contribution in [0.15, 0.2) is 22.0 Å². The Morgan fingerprint density at radius 3 is 2.42 bits per heavy atom. The molecule has 1 amide bonds. The van der Waals surface area contributed by atoms with Crippen LogP contribution in [-0.2, 0) is 4.79 Å². The van der Waals surface area contributed by atoms with Gasteiger partial charge in [0.15, 0.2) is 5.17 Å². The van der Waals surface area contributed by atoms with Crippen LogP contribution in [0.25, 0.3) is 0 Å². The predicted molar refractivity (Wildman–Crippen MR) is 85.2 cm³/mol. The van der Waals surface area contributed by atoms with E-state index in [1.165, 1.54) is 6.92 Å². The Hall–Kier alpha value is -1.43. The van der Waals surface area contributed by atoms with Gasteiger partial charge < -0.3 is 0 Å². The number of thioether (sulfide) groups is 2. The molecule has 1 aromatic carbocycles. The molecule has 0 N–H and O–H groups in total. The zero-order chi connectivity index (χ0) is 19.7. The fraction of sp³-hybridized carbons (Fsp3) is 0.429. The molecule has 0 atom stereocenters. The number of amidine groups is 1. The van der Waals surface area contributed by atoms with Gasteiger partial charge in [0.2, 0.25) is 5.91 Å². The molecule has 0 aliphatic carbocycles. The topological polar surface area (TPSA) is 32.7 Å². The van der Waals surface area contributed by atoms with Crippen molar-refractivity contribution < 1.29 is 35.5 Å². The maximum absolute atomic E-state index is 14.0. The minimum atomic E-state index is -4.67. The first-order valence-corrected chi connectivity index (χ1v) is 8.91. The Labute approximate surface area is 152 Å². The molecular weight excluding hydrogens is 409 g/mol. The van der Waals surface area contributed by atoms with Crippen LogP contribution in [-0.4, -0.2) is 46.4 Å². The normalized spacial score (nSPS) is 17.5. The van der Waals surface area contributed by atoms with Crippen LogP contribution in [0.5, 0.6) is 0 Å². The largest absolute Gasteiger partial charge is 0.406 e. The van der Waals surface area contributed by atoms with Crippen LogP contribution in [0.3, 0.4) is 0 Å². The van der Waals surface area contributed by atoms with Gasteiger partial charge in [-0.15, -0.1) is 11.8 Å². The smallest absolute Gasteiger partial charge is 0.281 e. The molecule has 26 heavy (non-hydrogen) atoms. The van der Waals surface area contributed by atoms with Crippen molar-refractivity contribution in [3.63, 3.8) is 0 Å². The summed E-state index contributed by atoms with van der Waals surface area (Å²) in [6.45, 7) is -0.163. The van der Waals surface area contributed by atoms with Crippen molar-refractivity contribution in [2.75, 3.05) is 18.1 Å². The van der Waals surface area contributed by atoms with Gasteiger partial charge in [0.25, 0.3) is 0 Å². The molecule has 1 aliphatic heterocycles. The van der Waals surface area contributed by atoms with Gasteiger partial charge in [0.05, 0.1) is 11.5 Å². The molecule has 0 unspecified atom stereocenters. The van der Waals surface area contributed by atoms with Crippen LogP contribution in [0.4, 0.5) is 36.4 Å². The molecule has 3 nitrogen and oxygen atoms in total. The Balaban J connectivity index is 2.32. The summed E-state index contributed by atoms with van der Waals surface area (Å²) in [5.41, 5.74) is -0.187. The quantitative estimate of drug-likeness (QED) is 0.512. The van der Waals surface area contributed by atoms with E-state index < -0.39 is 42.1 Å². The first kappa shape index (κ1) is 20.9. The highest BCUT2D eigenvalue weighted by Gasteiger charge is 2.39. The number of benzene rings is 1. The van der Waals surface area contributed by atoms with E-state index in [2.05, 4.69) is 4.99 Å². The van der Waals surface area contributed by atoms with Crippen molar-refractivity contribution in [3.05, 3.63) is 23.5 Å². The molecule has 1 saturated heterocycles. The summed E-state index contributed by atoms with van der Waals surface area (Å²) in [7, 11) is 0. The number of carbonyl (C=O) groups is 1. The predicted octanol–water partition coefficient (Wildman–Crippen LogP) is 4.91. The van der Waals surface area contributed by atoms with Gasteiger partial charge in [-0.1, -0.05) is 11.8 Å². The molecule has 1 fully saturated rings. The number of nitrogens with zero attached hydrogens (tertiary/aromatic N) is 2. The lowest BCUT2D eigenvalue weighted by molar-refractivity contribution is -0.150. The van der Waals surface area contributed by atoms with E-state index in [9.17, 15) is 35.5 Å². The third kappa shape index (κ3) is 5.79. The second kappa shape index (κ2) is 7.67. The molecule has 1 aromatic rings. The lowest BCUT2D eigenvalue weighted by atomic mass is 10.2. The number of hydrogen-bond donors (Lipinski definition) is 0. The SMILES string of the molecule is Cc1cc(F)c(/N=C2\SCC(=O)N2CC(F)(F)F)cc1SCC(F)(F)F. The molecule has 2 rings (SSSR count). The fourth-order valence-electron chi connectivity index (χ4n) is 1.96. The molecule has 0 saturated carbocycles. The summed E-state index contributed by atoms with van der Waals surface area (Å²) in [6.07, 6.45) is -9.10. The van der Waals surface area contributed by atoms with Crippen molar-refractivity contribution in [1.29, 1.82) is 0 Å². The van der Waals surface area contributed by atoms with E-state index in [1.807, 2.05) is 0 Å². The van der Waals surface area contributed by atoms with Crippen molar-refractivity contribution >= 4 is 40.3 Å². The zero-order valence-corrected chi connectivity index (χ0v) is 14.7. The van der Waals surface area contributed by atoms with Gasteiger partial charge in [-0.3, -0.25) is 9.69 Å². The van der Waals surface area contributed by atoms with Crippen molar-refractivity contribution in [2.24, 2.45) is 4.99 Å². The Morgan fingerprint density at radius 1 is 1.19 bits per heavy atom. The average molecular weight is 420 g/mol. The van der Waals surface area contributed by atoms with Crippen molar-refractivity contribution in [3.8, 4) is 0 Å². The summed E-state index contributed by atoms with van der Waals surface area (Å²) in [6, 6.07) is 1.98. The molecule has 1 heterocycles. The summed E-state index contributed by atoms with van der Waals surface area (Å²) in [5, 5.41) is -0.346. The van der Waals surface area contributed by atoms with E-state index in [0.717, 1.165) is 12.1 Å². The Bertz CT molecular complexity index is 731. The molecular formula is C14H11F7N2OS2. The number of carbonyl (C=O) groups excluding carboxylic acids is 1. The molecule has 0 bridgehead atoms. The van der Waals surface area contributed by atoms with E-state index in [0.29, 0.717) is 28.4 Å². The zero-order valence-electron chi connectivity index (χ0n) is 13.0. The number of hydrogen-bond acceptors (Lipinski definition) is 4. The summed E-state index contributed by atoms with van der Waals surface area (Å²) < 4.78 is 88.8. The third-order valence-electron chi connectivity index (χ3n) is 3.05. The highest BCUT2D eigenvalue weighted by atomic mass is 32.2. The number of rotatable bonds is 4. The number of aliphatic imine (C=N–C) groups is 1. The third-order valence-corrected chi connectivity index (χ3v) is 5.23. The molecule has 0 spiro atoms. The first-order chi connectivity index (χ1) is 11.9. The van der Waals surface area contributed by atoms with Crippen LogP contribution < -0.4 is 0 Å². The molecule has 1 aliphatic rings. The maximum Gasteiger partial charge on any atom is 0.406 e. The number of amides is 1. The minimum absolute atomic E-state index is 0.0970. The van der Waals surface area contributed by atoms with Crippen LogP contribution in [0.2, 0.25) is 0 Å². The van der Waals surface area contributed by atoms with Gasteiger partial charge in [0, 0.05) is 4.90 Å². The first-order valence-electron chi connectivity index (χ1n) is 6.94. The highest BCUT2D eigenvalue weighted by molar-refractivity contribution is 8.15. The Morgan fingerprint density at radius 2 is 1.85 bits per heavy atom. The van der Waals surface area contributed by atoms with E-state index in [4.69, 9.17) is 0 Å². The monoisotopic (exact) mass is 420 g/mol. The van der Waals surface area contributed by atoms with Gasteiger partial charge in [0.1, 0.15) is 18.0 Å². The van der Waals surface area contributed by atoms with Gasteiger partial charge in [-0.2, -0.15) is 26.3 Å². The second-order valence-electron chi connectivity index (χ2n) is 5.25. The van der Waals surface area contributed by atoms with Gasteiger partial charge in [-0.25, -0.2) is 9.38 Å². The van der Waals surface area contributed by atoms with Gasteiger partial charge in [-0.05, 0) is 24.6 Å². The standard InChI is InChI=1S/C14H11F7N2OS2/c1-7-2-8(15)9(3-10(7)26-6-14(19,20)21)22-12-23(5-13(16,17)18)11(24)4-25-12/h2-3H,4-6H2,1H3/b22-12-. The average Bonchev–Trinajstić information content (AvgIpc) is 2.79. The molecule has 0 radical (unpaired) electrons. The molecule has 144 valence electrons. The molecule has 0 aromatic heterocycles. The second-order valence-corrected chi connectivity index (χ2v) is 7.21. The number of alkyl halides is 6. The minimum Gasteiger partial charge on any atom is -0.281 e. The van der Waals surface area contributed by atoms with Crippen molar-refractivity contribution in [2.45, 2.75) is 24.2 Å². The number of halogens is 7. The Kier molecular flexibility index (Phi) is 6.16. The van der Waals surface area contributed by atoms with Gasteiger partial charge >= 0.3 is 12.4 Å².